The van der Waals surface area contributed by atoms with Crippen molar-refractivity contribution in [2.45, 2.75) is 17.0 Å². The van der Waals surface area contributed by atoms with Gasteiger partial charge in [-0.3, -0.25) is 10.0 Å². The van der Waals surface area contributed by atoms with Crippen LogP contribution in [0.5, 0.6) is 0 Å². The van der Waals surface area contributed by atoms with E-state index >= 15 is 0 Å². The first kappa shape index (κ1) is 21.8. The highest BCUT2D eigenvalue weighted by Gasteiger charge is 2.17. The van der Waals surface area contributed by atoms with Crippen molar-refractivity contribution in [2.24, 2.45) is 7.05 Å². The van der Waals surface area contributed by atoms with Gasteiger partial charge in [-0.15, -0.1) is 10.2 Å². The molecule has 5 aromatic rings. The fourth-order valence-electron chi connectivity index (χ4n) is 3.72. The second-order valence-electron chi connectivity index (χ2n) is 7.87. The number of carbonyl (C=O) groups excluding carboxylic acids is 1. The molecule has 1 amide bonds. The maximum absolute atomic E-state index is 11.6. The van der Waals surface area contributed by atoms with Crippen molar-refractivity contribution in [2.75, 3.05) is 0 Å². The van der Waals surface area contributed by atoms with Crippen LogP contribution in [-0.2, 0) is 7.05 Å². The molecule has 8 heteroatoms. The number of hydrogen-bond acceptors (Lipinski definition) is 6. The van der Waals surface area contributed by atoms with Gasteiger partial charge >= 0.3 is 0 Å². The summed E-state index contributed by atoms with van der Waals surface area (Å²) in [5, 5.41) is 19.4. The van der Waals surface area contributed by atoms with E-state index < -0.39 is 5.91 Å². The van der Waals surface area contributed by atoms with E-state index in [0.717, 1.165) is 38.4 Å². The van der Waals surface area contributed by atoms with Gasteiger partial charge in [-0.2, -0.15) is 0 Å². The van der Waals surface area contributed by atoms with Crippen LogP contribution >= 0.6 is 11.8 Å². The lowest BCUT2D eigenvalue weighted by atomic mass is 10.0. The molecule has 2 heterocycles. The lowest BCUT2D eigenvalue weighted by Gasteiger charge is -2.10. The molecule has 5 rings (SSSR count). The molecule has 0 aliphatic heterocycles. The van der Waals surface area contributed by atoms with Gasteiger partial charge in [0, 0.05) is 34.0 Å². The number of hydroxylamine groups is 1. The maximum Gasteiger partial charge on any atom is 0.274 e. The van der Waals surface area contributed by atoms with E-state index in [4.69, 9.17) is 10.2 Å². The first-order valence-corrected chi connectivity index (χ1v) is 11.4. The molecule has 0 saturated heterocycles. The zero-order valence-electron chi connectivity index (χ0n) is 18.6. The Morgan fingerprint density at radius 3 is 2.44 bits per heavy atom. The van der Waals surface area contributed by atoms with Crippen LogP contribution in [0.15, 0.2) is 88.9 Å². The van der Waals surface area contributed by atoms with Crippen LogP contribution in [0.25, 0.3) is 33.5 Å². The Labute approximate surface area is 200 Å². The zero-order valence-corrected chi connectivity index (χ0v) is 19.4. The third kappa shape index (κ3) is 4.16. The smallest absolute Gasteiger partial charge is 0.274 e. The van der Waals surface area contributed by atoms with Crippen LogP contribution in [0.2, 0.25) is 0 Å². The number of para-hydroxylation sites is 1. The standard InChI is InChI=1S/C26H21N5O2S/c1-16-7-9-17(10-8-16)23-15-21(20-5-3-4-6-22(20)27-23)24-28-29-26(31(24)2)34-19-13-11-18(12-14-19)25(32)30-33/h3-15,33H,1-2H3,(H,30,32). The summed E-state index contributed by atoms with van der Waals surface area (Å²) in [7, 11) is 1.94. The van der Waals surface area contributed by atoms with Crippen molar-refractivity contribution in [3.05, 3.63) is 90.0 Å². The molecule has 168 valence electrons. The van der Waals surface area contributed by atoms with E-state index in [-0.39, 0.29) is 0 Å². The first-order chi connectivity index (χ1) is 16.5. The topological polar surface area (TPSA) is 92.9 Å². The molecule has 34 heavy (non-hydrogen) atoms. The summed E-state index contributed by atoms with van der Waals surface area (Å²) < 4.78 is 1.96. The second-order valence-corrected chi connectivity index (χ2v) is 8.91. The molecule has 0 radical (unpaired) electrons. The monoisotopic (exact) mass is 467 g/mol. The summed E-state index contributed by atoms with van der Waals surface area (Å²) in [6.07, 6.45) is 0. The quantitative estimate of drug-likeness (QED) is 0.270. The van der Waals surface area contributed by atoms with Crippen LogP contribution < -0.4 is 5.48 Å². The molecule has 0 fully saturated rings. The number of aryl methyl sites for hydroxylation is 1. The average Bonchev–Trinajstić information content (AvgIpc) is 3.23. The Kier molecular flexibility index (Phi) is 5.83. The number of nitrogens with zero attached hydrogens (tertiary/aromatic N) is 4. The molecule has 2 N–H and O–H groups in total. The van der Waals surface area contributed by atoms with Gasteiger partial charge in [0.25, 0.3) is 5.91 Å². The number of carbonyl (C=O) groups is 1. The van der Waals surface area contributed by atoms with Gasteiger partial charge in [-0.1, -0.05) is 48.0 Å². The highest BCUT2D eigenvalue weighted by Crippen LogP contribution is 2.34. The van der Waals surface area contributed by atoms with E-state index in [1.807, 2.05) is 35.9 Å². The van der Waals surface area contributed by atoms with Crippen molar-refractivity contribution < 1.29 is 10.0 Å². The number of fused-ring (bicyclic) bond motifs is 1. The second kappa shape index (κ2) is 9.09. The Bertz CT molecular complexity index is 1490. The van der Waals surface area contributed by atoms with Crippen molar-refractivity contribution in [1.29, 1.82) is 0 Å². The average molecular weight is 468 g/mol. The Balaban J connectivity index is 1.54. The van der Waals surface area contributed by atoms with Gasteiger partial charge in [-0.05, 0) is 55.1 Å². The largest absolute Gasteiger partial charge is 0.305 e. The predicted molar refractivity (Wildman–Crippen MR) is 132 cm³/mol. The Morgan fingerprint density at radius 1 is 0.971 bits per heavy atom. The molecule has 0 aliphatic rings. The normalized spacial score (nSPS) is 11.0. The van der Waals surface area contributed by atoms with Crippen molar-refractivity contribution >= 4 is 28.6 Å². The fourth-order valence-corrected chi connectivity index (χ4v) is 4.50. The third-order valence-electron chi connectivity index (χ3n) is 5.57. The molecule has 2 aromatic heterocycles. The van der Waals surface area contributed by atoms with E-state index in [1.165, 1.54) is 17.3 Å². The van der Waals surface area contributed by atoms with E-state index in [9.17, 15) is 4.79 Å². The summed E-state index contributed by atoms with van der Waals surface area (Å²) in [5.41, 5.74) is 6.98. The highest BCUT2D eigenvalue weighted by atomic mass is 32.2. The number of nitrogens with one attached hydrogen (secondary N) is 1. The number of amides is 1. The van der Waals surface area contributed by atoms with Crippen LogP contribution in [0.3, 0.4) is 0 Å². The highest BCUT2D eigenvalue weighted by molar-refractivity contribution is 7.99. The van der Waals surface area contributed by atoms with Crippen molar-refractivity contribution in [3.8, 4) is 22.6 Å². The summed E-state index contributed by atoms with van der Waals surface area (Å²) in [4.78, 5) is 17.3. The molecule has 0 spiro atoms. The molecule has 0 saturated carbocycles. The molecular weight excluding hydrogens is 446 g/mol. The maximum atomic E-state index is 11.6. The lowest BCUT2D eigenvalue weighted by Crippen LogP contribution is -2.18. The van der Waals surface area contributed by atoms with Crippen LogP contribution in [0, 0.1) is 6.92 Å². The number of hydrogen-bond donors (Lipinski definition) is 2. The third-order valence-corrected chi connectivity index (χ3v) is 6.61. The Morgan fingerprint density at radius 2 is 1.71 bits per heavy atom. The molecule has 3 aromatic carbocycles. The first-order valence-electron chi connectivity index (χ1n) is 10.6. The molecule has 0 aliphatic carbocycles. The van der Waals surface area contributed by atoms with Gasteiger partial charge in [0.2, 0.25) is 0 Å². The summed E-state index contributed by atoms with van der Waals surface area (Å²) >= 11 is 1.44. The van der Waals surface area contributed by atoms with Gasteiger partial charge in [0.05, 0.1) is 11.2 Å². The number of benzene rings is 3. The fraction of sp³-hybridized carbons (Fsp3) is 0.0769. The SMILES string of the molecule is Cc1ccc(-c2cc(-c3nnc(Sc4ccc(C(=O)NO)cc4)n3C)c3ccccc3n2)cc1. The van der Waals surface area contributed by atoms with Gasteiger partial charge in [-0.25, -0.2) is 10.5 Å². The molecule has 0 unspecified atom stereocenters. The minimum absolute atomic E-state index is 0.373. The van der Waals surface area contributed by atoms with Gasteiger partial charge in [0.15, 0.2) is 11.0 Å². The number of aromatic nitrogens is 4. The molecule has 7 nitrogen and oxygen atoms in total. The summed E-state index contributed by atoms with van der Waals surface area (Å²) in [5.74, 6) is 0.192. The molecule has 0 atom stereocenters. The molecular formula is C26H21N5O2S. The zero-order chi connectivity index (χ0) is 23.7. The predicted octanol–water partition coefficient (Wildman–Crippen LogP) is 5.28. The minimum atomic E-state index is -0.550. The van der Waals surface area contributed by atoms with Crippen LogP contribution in [0.4, 0.5) is 0 Å². The van der Waals surface area contributed by atoms with Crippen molar-refractivity contribution in [3.63, 3.8) is 0 Å². The number of rotatable bonds is 5. The van der Waals surface area contributed by atoms with E-state index in [2.05, 4.69) is 47.5 Å². The Hall–Kier alpha value is -4.01. The minimum Gasteiger partial charge on any atom is -0.305 e. The summed E-state index contributed by atoms with van der Waals surface area (Å²) in [6, 6.07) is 25.3. The number of pyridine rings is 1. The van der Waals surface area contributed by atoms with E-state index in [1.54, 1.807) is 29.7 Å². The summed E-state index contributed by atoms with van der Waals surface area (Å²) in [6.45, 7) is 2.07. The van der Waals surface area contributed by atoms with Crippen LogP contribution in [0.1, 0.15) is 15.9 Å². The van der Waals surface area contributed by atoms with Gasteiger partial charge < -0.3 is 4.57 Å². The van der Waals surface area contributed by atoms with E-state index in [0.29, 0.717) is 10.7 Å². The van der Waals surface area contributed by atoms with Crippen LogP contribution in [-0.4, -0.2) is 30.9 Å². The van der Waals surface area contributed by atoms with Crippen molar-refractivity contribution in [1.82, 2.24) is 25.2 Å². The lowest BCUT2D eigenvalue weighted by molar-refractivity contribution is 0.0706. The molecule has 0 bridgehead atoms. The van der Waals surface area contributed by atoms with Gasteiger partial charge in [0.1, 0.15) is 0 Å².